The van der Waals surface area contributed by atoms with Crippen LogP contribution in [0.4, 0.5) is 10.5 Å². The maximum Gasteiger partial charge on any atom is 0.408 e. The molecule has 1 saturated carbocycles. The predicted octanol–water partition coefficient (Wildman–Crippen LogP) is 5.54. The fourth-order valence-corrected chi connectivity index (χ4v) is 5.06. The van der Waals surface area contributed by atoms with Crippen molar-refractivity contribution < 1.29 is 19.4 Å². The summed E-state index contributed by atoms with van der Waals surface area (Å²) < 4.78 is 5.67. The monoisotopic (exact) mass is 471 g/mol. The number of carboxylic acid groups (broad SMARTS) is 1. The van der Waals surface area contributed by atoms with Gasteiger partial charge in [-0.05, 0) is 50.8 Å². The Morgan fingerprint density at radius 1 is 1.06 bits per heavy atom. The first-order chi connectivity index (χ1) is 16.6. The molecule has 1 N–H and O–H groups in total. The van der Waals surface area contributed by atoms with Crippen molar-refractivity contribution in [3.05, 3.63) is 66.2 Å². The number of fused-ring (bicyclic) bond motifs is 1. The van der Waals surface area contributed by atoms with E-state index in [1.54, 1.807) is 16.8 Å². The lowest BCUT2D eigenvalue weighted by Crippen LogP contribution is -2.51. The normalized spacial score (nSPS) is 16.3. The number of pyridine rings is 1. The first-order valence-corrected chi connectivity index (χ1v) is 11.8. The Bertz CT molecular complexity index is 1290. The van der Waals surface area contributed by atoms with Crippen LogP contribution in [0.3, 0.4) is 0 Å². The molecule has 0 spiro atoms. The van der Waals surface area contributed by atoms with Crippen molar-refractivity contribution >= 4 is 17.7 Å². The van der Waals surface area contributed by atoms with Crippen molar-refractivity contribution in [3.8, 4) is 28.3 Å². The minimum absolute atomic E-state index is 0.0418. The summed E-state index contributed by atoms with van der Waals surface area (Å²) >= 11 is 0. The van der Waals surface area contributed by atoms with E-state index in [2.05, 4.69) is 0 Å². The minimum atomic E-state index is -0.905. The van der Waals surface area contributed by atoms with E-state index in [0.29, 0.717) is 11.6 Å². The van der Waals surface area contributed by atoms with Gasteiger partial charge in [0.05, 0.1) is 11.2 Å². The molecule has 1 aliphatic heterocycles. The number of benzene rings is 2. The standard InChI is InChI=1S/C28H29N3O4/c1-27(2,3)31(26(33)34)28(14-15-28)20-12-10-19(11-13-20)24-21(18-8-6-5-7-9-18)16-22-25(29-24)35-17-23(32)30(22)4/h5-13,16H,14-15,17H2,1-4H3,(H,33,34). The van der Waals surface area contributed by atoms with Crippen LogP contribution in [0, 0.1) is 0 Å². The van der Waals surface area contributed by atoms with E-state index < -0.39 is 17.2 Å². The van der Waals surface area contributed by atoms with E-state index in [4.69, 9.17) is 9.72 Å². The third kappa shape index (κ3) is 3.91. The van der Waals surface area contributed by atoms with Crippen molar-refractivity contribution in [2.24, 2.45) is 0 Å². The Hall–Kier alpha value is -3.87. The molecule has 0 saturated heterocycles. The number of carbonyl (C=O) groups is 2. The molecule has 2 amide bonds. The Labute approximate surface area is 205 Å². The van der Waals surface area contributed by atoms with Gasteiger partial charge >= 0.3 is 6.09 Å². The fourth-order valence-electron chi connectivity index (χ4n) is 5.06. The largest absolute Gasteiger partial charge is 0.466 e. The van der Waals surface area contributed by atoms with Gasteiger partial charge in [-0.25, -0.2) is 9.78 Å². The summed E-state index contributed by atoms with van der Waals surface area (Å²) in [6.07, 6.45) is 0.699. The summed E-state index contributed by atoms with van der Waals surface area (Å²) in [5.74, 6) is 0.307. The van der Waals surface area contributed by atoms with E-state index >= 15 is 0 Å². The van der Waals surface area contributed by atoms with Crippen LogP contribution >= 0.6 is 0 Å². The molecule has 5 rings (SSSR count). The number of carbonyl (C=O) groups excluding carboxylic acids is 1. The maximum atomic E-state index is 12.2. The van der Waals surface area contributed by atoms with Gasteiger partial charge in [-0.2, -0.15) is 0 Å². The van der Waals surface area contributed by atoms with E-state index in [1.165, 1.54) is 0 Å². The van der Waals surface area contributed by atoms with Gasteiger partial charge in [-0.3, -0.25) is 9.69 Å². The number of rotatable bonds is 4. The highest BCUT2D eigenvalue weighted by molar-refractivity contribution is 5.98. The Morgan fingerprint density at radius 2 is 1.71 bits per heavy atom. The average Bonchev–Trinajstić information content (AvgIpc) is 3.61. The number of hydrogen-bond donors (Lipinski definition) is 1. The number of amides is 2. The maximum absolute atomic E-state index is 12.2. The van der Waals surface area contributed by atoms with Gasteiger partial charge in [-0.1, -0.05) is 54.6 Å². The second kappa shape index (κ2) is 8.12. The van der Waals surface area contributed by atoms with Gasteiger partial charge in [-0.15, -0.1) is 0 Å². The van der Waals surface area contributed by atoms with Crippen molar-refractivity contribution in [3.63, 3.8) is 0 Å². The number of likely N-dealkylation sites (N-methyl/N-ethyl adjacent to an activating group) is 1. The van der Waals surface area contributed by atoms with Crippen LogP contribution in [0.15, 0.2) is 60.7 Å². The van der Waals surface area contributed by atoms with Gasteiger partial charge in [0, 0.05) is 23.7 Å². The fraction of sp³-hybridized carbons (Fsp3) is 0.321. The van der Waals surface area contributed by atoms with E-state index in [0.717, 1.165) is 40.8 Å². The number of nitrogens with zero attached hydrogens (tertiary/aromatic N) is 3. The number of aromatic nitrogens is 1. The second-order valence-corrected chi connectivity index (χ2v) is 10.2. The molecule has 2 aromatic carbocycles. The van der Waals surface area contributed by atoms with Crippen molar-refractivity contribution in [1.29, 1.82) is 0 Å². The highest BCUT2D eigenvalue weighted by Gasteiger charge is 2.55. The van der Waals surface area contributed by atoms with E-state index in [1.807, 2.05) is 81.4 Å². The van der Waals surface area contributed by atoms with E-state index in [9.17, 15) is 14.7 Å². The molecule has 7 heteroatoms. The van der Waals surface area contributed by atoms with Crippen molar-refractivity contribution in [1.82, 2.24) is 9.88 Å². The molecule has 180 valence electrons. The summed E-state index contributed by atoms with van der Waals surface area (Å²) in [6, 6.07) is 19.9. The number of anilines is 1. The summed E-state index contributed by atoms with van der Waals surface area (Å²) in [5, 5.41) is 9.97. The molecule has 0 bridgehead atoms. The Morgan fingerprint density at radius 3 is 2.29 bits per heavy atom. The molecule has 2 heterocycles. The zero-order valence-electron chi connectivity index (χ0n) is 20.4. The molecule has 1 aliphatic carbocycles. The molecule has 1 aromatic heterocycles. The van der Waals surface area contributed by atoms with E-state index in [-0.39, 0.29) is 12.5 Å². The minimum Gasteiger partial charge on any atom is -0.466 e. The van der Waals surface area contributed by atoms with Crippen LogP contribution in [0.1, 0.15) is 39.2 Å². The molecule has 35 heavy (non-hydrogen) atoms. The third-order valence-corrected chi connectivity index (χ3v) is 6.83. The second-order valence-electron chi connectivity index (χ2n) is 10.2. The van der Waals surface area contributed by atoms with Crippen LogP contribution < -0.4 is 9.64 Å². The van der Waals surface area contributed by atoms with Crippen LogP contribution in [0.5, 0.6) is 5.88 Å². The van der Waals surface area contributed by atoms with Crippen molar-refractivity contribution in [2.75, 3.05) is 18.6 Å². The first-order valence-electron chi connectivity index (χ1n) is 11.8. The zero-order valence-corrected chi connectivity index (χ0v) is 20.4. The summed E-state index contributed by atoms with van der Waals surface area (Å²) in [4.78, 5) is 32.4. The molecule has 3 aromatic rings. The topological polar surface area (TPSA) is 83.0 Å². The van der Waals surface area contributed by atoms with Gasteiger partial charge < -0.3 is 14.7 Å². The number of ether oxygens (including phenoxy) is 1. The van der Waals surface area contributed by atoms with Crippen LogP contribution in [-0.4, -0.2) is 46.2 Å². The Kier molecular flexibility index (Phi) is 5.31. The molecular formula is C28H29N3O4. The van der Waals surface area contributed by atoms with Crippen LogP contribution in [0.2, 0.25) is 0 Å². The third-order valence-electron chi connectivity index (χ3n) is 6.83. The van der Waals surface area contributed by atoms with Gasteiger partial charge in [0.15, 0.2) is 6.61 Å². The molecular weight excluding hydrogens is 442 g/mol. The molecule has 2 aliphatic rings. The molecule has 0 atom stereocenters. The lowest BCUT2D eigenvalue weighted by atomic mass is 9.93. The lowest BCUT2D eigenvalue weighted by molar-refractivity contribution is -0.121. The molecule has 1 fully saturated rings. The van der Waals surface area contributed by atoms with Gasteiger partial charge in [0.1, 0.15) is 5.69 Å². The van der Waals surface area contributed by atoms with Crippen LogP contribution in [-0.2, 0) is 10.3 Å². The SMILES string of the molecule is CN1C(=O)COc2nc(-c3ccc(C4(N(C(=O)O)C(C)(C)C)CC4)cc3)c(-c3ccccc3)cc21. The lowest BCUT2D eigenvalue weighted by Gasteiger charge is -2.40. The zero-order chi connectivity index (χ0) is 25.0. The van der Waals surface area contributed by atoms with Gasteiger partial charge in [0.2, 0.25) is 5.88 Å². The molecule has 0 radical (unpaired) electrons. The predicted molar refractivity (Wildman–Crippen MR) is 135 cm³/mol. The Balaban J connectivity index is 1.59. The quantitative estimate of drug-likeness (QED) is 0.540. The highest BCUT2D eigenvalue weighted by atomic mass is 16.5. The average molecular weight is 472 g/mol. The number of hydrogen-bond acceptors (Lipinski definition) is 4. The van der Waals surface area contributed by atoms with Gasteiger partial charge in [0.25, 0.3) is 5.91 Å². The van der Waals surface area contributed by atoms with Crippen LogP contribution in [0.25, 0.3) is 22.4 Å². The molecule has 7 nitrogen and oxygen atoms in total. The smallest absolute Gasteiger partial charge is 0.408 e. The summed E-state index contributed by atoms with van der Waals surface area (Å²) in [7, 11) is 1.73. The summed E-state index contributed by atoms with van der Waals surface area (Å²) in [5.41, 5.74) is 4.14. The van der Waals surface area contributed by atoms with Crippen molar-refractivity contribution in [2.45, 2.75) is 44.7 Å². The molecule has 0 unspecified atom stereocenters. The first kappa shape index (κ1) is 22.9. The highest BCUT2D eigenvalue weighted by Crippen LogP contribution is 2.54. The summed E-state index contributed by atoms with van der Waals surface area (Å²) in [6.45, 7) is 5.75.